The van der Waals surface area contributed by atoms with Crippen molar-refractivity contribution in [3.05, 3.63) is 77.4 Å². The van der Waals surface area contributed by atoms with Crippen molar-refractivity contribution in [2.75, 3.05) is 26.8 Å². The van der Waals surface area contributed by atoms with E-state index < -0.39 is 30.1 Å². The SMILES string of the molecule is COCCN(CC(=O)O)C(=O)c1ccc(COc2ccc(-c3cc(F)c(F)c4cc(C#N)oc34)cc2)o1. The van der Waals surface area contributed by atoms with Crippen LogP contribution in [-0.4, -0.2) is 48.7 Å². The highest BCUT2D eigenvalue weighted by molar-refractivity contribution is 5.94. The summed E-state index contributed by atoms with van der Waals surface area (Å²) in [7, 11) is 1.44. The minimum Gasteiger partial charge on any atom is -0.486 e. The van der Waals surface area contributed by atoms with Crippen molar-refractivity contribution < 1.29 is 41.8 Å². The van der Waals surface area contributed by atoms with Crippen LogP contribution in [0.2, 0.25) is 0 Å². The van der Waals surface area contributed by atoms with Crippen molar-refractivity contribution in [1.29, 1.82) is 5.26 Å². The van der Waals surface area contributed by atoms with E-state index in [1.54, 1.807) is 36.4 Å². The molecule has 0 aliphatic carbocycles. The van der Waals surface area contributed by atoms with Crippen LogP contribution >= 0.6 is 0 Å². The largest absolute Gasteiger partial charge is 0.486 e. The molecule has 0 saturated heterocycles. The van der Waals surface area contributed by atoms with Crippen LogP contribution in [0, 0.1) is 23.0 Å². The molecule has 2 aromatic carbocycles. The molecular formula is C26H20F2N2O7. The molecule has 4 rings (SSSR count). The predicted octanol–water partition coefficient (Wildman–Crippen LogP) is 4.59. The number of halogens is 2. The third-order valence-electron chi connectivity index (χ3n) is 5.40. The molecule has 0 saturated carbocycles. The Labute approximate surface area is 209 Å². The first-order chi connectivity index (χ1) is 17.8. The van der Waals surface area contributed by atoms with Crippen molar-refractivity contribution in [1.82, 2.24) is 4.90 Å². The van der Waals surface area contributed by atoms with Gasteiger partial charge >= 0.3 is 5.97 Å². The number of amides is 1. The van der Waals surface area contributed by atoms with Crippen LogP contribution in [0.3, 0.4) is 0 Å². The lowest BCUT2D eigenvalue weighted by molar-refractivity contribution is -0.137. The standard InChI is InChI=1S/C26H20F2N2O7/c1-34-9-8-30(13-23(31)32)26(33)22-7-6-17(36-22)14-35-16-4-2-15(3-5-16)19-11-21(27)24(28)20-10-18(12-29)37-25(19)20/h2-7,10-11H,8-9,13-14H2,1H3,(H,31,32). The highest BCUT2D eigenvalue weighted by Crippen LogP contribution is 2.35. The average Bonchev–Trinajstić information content (AvgIpc) is 3.55. The molecule has 1 N–H and O–H groups in total. The van der Waals surface area contributed by atoms with Gasteiger partial charge in [-0.3, -0.25) is 9.59 Å². The van der Waals surface area contributed by atoms with E-state index in [-0.39, 0.29) is 47.8 Å². The number of fused-ring (bicyclic) bond motifs is 1. The Balaban J connectivity index is 1.46. The zero-order valence-corrected chi connectivity index (χ0v) is 19.5. The molecule has 0 radical (unpaired) electrons. The van der Waals surface area contributed by atoms with Gasteiger partial charge in [-0.15, -0.1) is 0 Å². The molecule has 4 aromatic rings. The summed E-state index contributed by atoms with van der Waals surface area (Å²) in [6, 6.07) is 13.3. The number of nitriles is 1. The number of hydrogen-bond donors (Lipinski definition) is 1. The molecule has 0 bridgehead atoms. The van der Waals surface area contributed by atoms with E-state index in [0.29, 0.717) is 17.1 Å². The topological polar surface area (TPSA) is 126 Å². The molecule has 0 fully saturated rings. The molecule has 0 atom stereocenters. The number of carbonyl (C=O) groups excluding carboxylic acids is 1. The molecule has 0 aliphatic rings. The van der Waals surface area contributed by atoms with Crippen LogP contribution in [0.25, 0.3) is 22.1 Å². The van der Waals surface area contributed by atoms with Gasteiger partial charge in [0.15, 0.2) is 17.4 Å². The molecule has 0 aliphatic heterocycles. The summed E-state index contributed by atoms with van der Waals surface area (Å²) in [6.07, 6.45) is 0. The smallest absolute Gasteiger partial charge is 0.323 e. The Kier molecular flexibility index (Phi) is 7.50. The second kappa shape index (κ2) is 10.9. The Morgan fingerprint density at radius 3 is 2.54 bits per heavy atom. The first-order valence-corrected chi connectivity index (χ1v) is 10.9. The van der Waals surface area contributed by atoms with Crippen molar-refractivity contribution in [3.63, 3.8) is 0 Å². The van der Waals surface area contributed by atoms with Crippen LogP contribution < -0.4 is 4.74 Å². The number of rotatable bonds is 10. The fourth-order valence-electron chi connectivity index (χ4n) is 3.64. The van der Waals surface area contributed by atoms with E-state index in [4.69, 9.17) is 28.7 Å². The van der Waals surface area contributed by atoms with Gasteiger partial charge in [-0.25, -0.2) is 8.78 Å². The molecule has 11 heteroatoms. The summed E-state index contributed by atoms with van der Waals surface area (Å²) < 4.78 is 49.8. The zero-order valence-electron chi connectivity index (χ0n) is 19.5. The number of carboxylic acids is 1. The third kappa shape index (κ3) is 5.60. The molecule has 2 aromatic heterocycles. The highest BCUT2D eigenvalue weighted by atomic mass is 19.2. The fraction of sp³-hybridized carbons (Fsp3) is 0.192. The molecule has 37 heavy (non-hydrogen) atoms. The first kappa shape index (κ1) is 25.4. The van der Waals surface area contributed by atoms with Gasteiger partial charge in [0, 0.05) is 25.3 Å². The molecule has 2 heterocycles. The number of carboxylic acid groups (broad SMARTS) is 1. The van der Waals surface area contributed by atoms with Crippen LogP contribution in [0.4, 0.5) is 8.78 Å². The van der Waals surface area contributed by atoms with E-state index >= 15 is 0 Å². The number of aliphatic carboxylic acids is 1. The van der Waals surface area contributed by atoms with Gasteiger partial charge in [0.2, 0.25) is 5.76 Å². The van der Waals surface area contributed by atoms with E-state index in [9.17, 15) is 18.4 Å². The number of ether oxygens (including phenoxy) is 2. The van der Waals surface area contributed by atoms with Crippen molar-refractivity contribution in [2.24, 2.45) is 0 Å². The van der Waals surface area contributed by atoms with Gasteiger partial charge in [-0.1, -0.05) is 12.1 Å². The molecule has 1 amide bonds. The number of carbonyl (C=O) groups is 2. The van der Waals surface area contributed by atoms with E-state index in [2.05, 4.69) is 0 Å². The fourth-order valence-corrected chi connectivity index (χ4v) is 3.64. The third-order valence-corrected chi connectivity index (χ3v) is 5.40. The first-order valence-electron chi connectivity index (χ1n) is 10.9. The molecular weight excluding hydrogens is 490 g/mol. The van der Waals surface area contributed by atoms with Crippen LogP contribution in [0.1, 0.15) is 22.1 Å². The molecule has 190 valence electrons. The Morgan fingerprint density at radius 2 is 1.86 bits per heavy atom. The summed E-state index contributed by atoms with van der Waals surface area (Å²) in [6.45, 7) is -0.272. The van der Waals surface area contributed by atoms with E-state index in [1.807, 2.05) is 0 Å². The predicted molar refractivity (Wildman–Crippen MR) is 125 cm³/mol. The number of benzene rings is 2. The van der Waals surface area contributed by atoms with Crippen LogP contribution in [0.15, 0.2) is 57.4 Å². The maximum absolute atomic E-state index is 14.1. The number of nitrogens with zero attached hydrogens (tertiary/aromatic N) is 2. The normalized spacial score (nSPS) is 10.9. The maximum atomic E-state index is 14.1. The van der Waals surface area contributed by atoms with Crippen molar-refractivity contribution >= 4 is 22.8 Å². The minimum absolute atomic E-state index is 0.0250. The average molecular weight is 510 g/mol. The monoisotopic (exact) mass is 510 g/mol. The van der Waals surface area contributed by atoms with Crippen LogP contribution in [-0.2, 0) is 16.1 Å². The lowest BCUT2D eigenvalue weighted by Gasteiger charge is -2.18. The Morgan fingerprint density at radius 1 is 1.11 bits per heavy atom. The van der Waals surface area contributed by atoms with Gasteiger partial charge in [0.1, 0.15) is 36.3 Å². The van der Waals surface area contributed by atoms with Gasteiger partial charge in [0.05, 0.1) is 12.0 Å². The lowest BCUT2D eigenvalue weighted by Crippen LogP contribution is -2.37. The number of methoxy groups -OCH3 is 1. The maximum Gasteiger partial charge on any atom is 0.323 e. The highest BCUT2D eigenvalue weighted by Gasteiger charge is 2.22. The van der Waals surface area contributed by atoms with Crippen LogP contribution in [0.5, 0.6) is 5.75 Å². The van der Waals surface area contributed by atoms with E-state index in [1.165, 1.54) is 13.2 Å². The number of furan rings is 2. The second-order valence-electron chi connectivity index (χ2n) is 7.88. The summed E-state index contributed by atoms with van der Waals surface area (Å²) in [5, 5.41) is 18.0. The summed E-state index contributed by atoms with van der Waals surface area (Å²) in [4.78, 5) is 24.8. The Hall–Kier alpha value is -4.69. The quantitative estimate of drug-likeness (QED) is 0.328. The molecule has 0 spiro atoms. The van der Waals surface area contributed by atoms with Gasteiger partial charge in [-0.05, 0) is 35.9 Å². The molecule has 0 unspecified atom stereocenters. The minimum atomic E-state index is -1.16. The number of hydrogen-bond acceptors (Lipinski definition) is 7. The van der Waals surface area contributed by atoms with Gasteiger partial charge in [0.25, 0.3) is 5.91 Å². The summed E-state index contributed by atoms with van der Waals surface area (Å²) >= 11 is 0. The van der Waals surface area contributed by atoms with Crippen molar-refractivity contribution in [2.45, 2.75) is 6.61 Å². The van der Waals surface area contributed by atoms with Gasteiger partial charge in [-0.2, -0.15) is 5.26 Å². The molecule has 9 nitrogen and oxygen atoms in total. The zero-order chi connectivity index (χ0) is 26.5. The lowest BCUT2D eigenvalue weighted by atomic mass is 10.0. The summed E-state index contributed by atoms with van der Waals surface area (Å²) in [5.41, 5.74) is 0.838. The Bertz CT molecular complexity index is 1490. The second-order valence-corrected chi connectivity index (χ2v) is 7.88. The van der Waals surface area contributed by atoms with Crippen molar-refractivity contribution in [3.8, 4) is 22.9 Å². The van der Waals surface area contributed by atoms with E-state index in [0.717, 1.165) is 17.0 Å². The summed E-state index contributed by atoms with van der Waals surface area (Å²) in [5.74, 6) is -3.33. The van der Waals surface area contributed by atoms with Gasteiger partial charge < -0.3 is 28.3 Å².